The number of fused-ring (bicyclic) bond motifs is 1. The van der Waals surface area contributed by atoms with E-state index in [1.54, 1.807) is 29.0 Å². The van der Waals surface area contributed by atoms with Crippen LogP contribution in [0.25, 0.3) is 0 Å². The Labute approximate surface area is 178 Å². The fourth-order valence-corrected chi connectivity index (χ4v) is 3.96. The van der Waals surface area contributed by atoms with Crippen molar-refractivity contribution in [1.82, 2.24) is 9.80 Å². The smallest absolute Gasteiger partial charge is 0.290 e. The molecule has 5 nitrogen and oxygen atoms in total. The molecule has 0 bridgehead atoms. The van der Waals surface area contributed by atoms with Crippen LogP contribution in [-0.2, 0) is 24.3 Å². The lowest BCUT2D eigenvalue weighted by atomic mass is 9.93. The van der Waals surface area contributed by atoms with E-state index in [0.29, 0.717) is 19.5 Å². The van der Waals surface area contributed by atoms with E-state index in [-0.39, 0.29) is 17.6 Å². The zero-order valence-electron chi connectivity index (χ0n) is 16.0. The Morgan fingerprint density at radius 1 is 1.07 bits per heavy atom. The molecule has 1 aromatic heterocycles. The average Bonchev–Trinajstić information content (AvgIpc) is 3.28. The highest BCUT2D eigenvalue weighted by Gasteiger charge is 2.37. The van der Waals surface area contributed by atoms with Crippen molar-refractivity contribution in [3.8, 4) is 0 Å². The Morgan fingerprint density at radius 2 is 1.79 bits per heavy atom. The van der Waals surface area contributed by atoms with Gasteiger partial charge in [-0.1, -0.05) is 52.3 Å². The highest BCUT2D eigenvalue weighted by Crippen LogP contribution is 2.26. The summed E-state index contributed by atoms with van der Waals surface area (Å²) in [5, 5.41) is 0. The first-order valence-electron chi connectivity index (χ1n) is 9.43. The number of carbonyl (C=O) groups excluding carboxylic acids is 2. The van der Waals surface area contributed by atoms with E-state index in [2.05, 4.69) is 15.9 Å². The zero-order chi connectivity index (χ0) is 20.4. The number of furan rings is 1. The van der Waals surface area contributed by atoms with Gasteiger partial charge in [0.25, 0.3) is 5.91 Å². The van der Waals surface area contributed by atoms with E-state index in [1.165, 1.54) is 6.26 Å². The minimum absolute atomic E-state index is 0.0812. The van der Waals surface area contributed by atoms with Crippen molar-refractivity contribution in [3.05, 3.63) is 93.9 Å². The maximum atomic E-state index is 13.4. The second kappa shape index (κ2) is 8.25. The van der Waals surface area contributed by atoms with Gasteiger partial charge < -0.3 is 14.2 Å². The third kappa shape index (κ3) is 4.12. The van der Waals surface area contributed by atoms with Gasteiger partial charge >= 0.3 is 0 Å². The minimum Gasteiger partial charge on any atom is -0.459 e. The van der Waals surface area contributed by atoms with Crippen LogP contribution in [0.5, 0.6) is 0 Å². The summed E-state index contributed by atoms with van der Waals surface area (Å²) >= 11 is 3.43. The quantitative estimate of drug-likeness (QED) is 0.593. The lowest BCUT2D eigenvalue weighted by Crippen LogP contribution is -2.52. The van der Waals surface area contributed by atoms with E-state index >= 15 is 0 Å². The second-order valence-electron chi connectivity index (χ2n) is 7.22. The molecule has 1 aliphatic heterocycles. The summed E-state index contributed by atoms with van der Waals surface area (Å²) in [7, 11) is 1.78. The van der Waals surface area contributed by atoms with Crippen molar-refractivity contribution in [1.29, 1.82) is 0 Å². The molecule has 2 amide bonds. The average molecular weight is 453 g/mol. The molecular formula is C23H21BrN2O3. The lowest BCUT2D eigenvalue weighted by molar-refractivity contribution is -0.135. The van der Waals surface area contributed by atoms with Crippen molar-refractivity contribution >= 4 is 27.7 Å². The van der Waals surface area contributed by atoms with Crippen LogP contribution in [0.2, 0.25) is 0 Å². The van der Waals surface area contributed by atoms with E-state index in [9.17, 15) is 9.59 Å². The van der Waals surface area contributed by atoms with Gasteiger partial charge in [0.2, 0.25) is 5.91 Å². The van der Waals surface area contributed by atoms with Crippen LogP contribution in [0.3, 0.4) is 0 Å². The normalized spacial score (nSPS) is 15.7. The summed E-state index contributed by atoms with van der Waals surface area (Å²) in [6.07, 6.45) is 1.97. The maximum Gasteiger partial charge on any atom is 0.290 e. The van der Waals surface area contributed by atoms with Crippen molar-refractivity contribution < 1.29 is 14.0 Å². The monoisotopic (exact) mass is 452 g/mol. The summed E-state index contributed by atoms with van der Waals surface area (Å²) in [6.45, 7) is 0.866. The number of halogens is 1. The Kier molecular flexibility index (Phi) is 5.53. The fraction of sp³-hybridized carbons (Fsp3) is 0.217. The van der Waals surface area contributed by atoms with Crippen LogP contribution < -0.4 is 0 Å². The third-order valence-corrected chi connectivity index (χ3v) is 5.76. The number of nitrogens with zero attached hydrogens (tertiary/aromatic N) is 2. The molecule has 29 heavy (non-hydrogen) atoms. The molecule has 1 atom stereocenters. The molecule has 6 heteroatoms. The van der Waals surface area contributed by atoms with E-state index < -0.39 is 6.04 Å². The first-order chi connectivity index (χ1) is 14.0. The molecular weight excluding hydrogens is 432 g/mol. The summed E-state index contributed by atoms with van der Waals surface area (Å²) in [5.74, 6) is -0.0973. The summed E-state index contributed by atoms with van der Waals surface area (Å²) in [5.41, 5.74) is 3.20. The third-order valence-electron chi connectivity index (χ3n) is 5.24. The summed E-state index contributed by atoms with van der Waals surface area (Å²) in [4.78, 5) is 29.7. The van der Waals surface area contributed by atoms with Crippen LogP contribution in [0.4, 0.5) is 0 Å². The van der Waals surface area contributed by atoms with Gasteiger partial charge in [-0.15, -0.1) is 0 Å². The van der Waals surface area contributed by atoms with Crippen LogP contribution in [0.1, 0.15) is 27.2 Å². The first kappa shape index (κ1) is 19.5. The van der Waals surface area contributed by atoms with Crippen LogP contribution in [0.15, 0.2) is 75.8 Å². The second-order valence-corrected chi connectivity index (χ2v) is 8.14. The maximum absolute atomic E-state index is 13.4. The molecule has 3 aromatic rings. The van der Waals surface area contributed by atoms with Gasteiger partial charge in [-0.05, 0) is 41.0 Å². The number of amides is 2. The molecule has 0 N–H and O–H groups in total. The molecule has 148 valence electrons. The predicted octanol–water partition coefficient (Wildman–Crippen LogP) is 4.27. The number of hydrogen-bond donors (Lipinski definition) is 0. The van der Waals surface area contributed by atoms with Gasteiger partial charge in [0.05, 0.1) is 6.26 Å². The van der Waals surface area contributed by atoms with E-state index in [0.717, 1.165) is 21.2 Å². The molecule has 1 unspecified atom stereocenters. The van der Waals surface area contributed by atoms with Crippen molar-refractivity contribution in [2.75, 3.05) is 7.05 Å². The minimum atomic E-state index is -0.567. The molecule has 0 saturated carbocycles. The van der Waals surface area contributed by atoms with Gasteiger partial charge in [-0.3, -0.25) is 9.59 Å². The Balaban J connectivity index is 1.60. The Morgan fingerprint density at radius 3 is 2.48 bits per heavy atom. The predicted molar refractivity (Wildman–Crippen MR) is 113 cm³/mol. The lowest BCUT2D eigenvalue weighted by Gasteiger charge is -2.37. The van der Waals surface area contributed by atoms with Gasteiger partial charge in [0.15, 0.2) is 5.76 Å². The molecule has 4 rings (SSSR count). The van der Waals surface area contributed by atoms with Gasteiger partial charge in [0, 0.05) is 31.0 Å². The van der Waals surface area contributed by atoms with Gasteiger partial charge in [-0.25, -0.2) is 0 Å². The topological polar surface area (TPSA) is 53.8 Å². The number of carbonyl (C=O) groups is 2. The number of likely N-dealkylation sites (N-methyl/N-ethyl adjacent to an activating group) is 1. The Hall–Kier alpha value is -2.86. The molecule has 2 heterocycles. The largest absolute Gasteiger partial charge is 0.459 e. The molecule has 0 aliphatic carbocycles. The van der Waals surface area contributed by atoms with Gasteiger partial charge in [-0.2, -0.15) is 0 Å². The number of rotatable bonds is 4. The standard InChI is InChI=1S/C23H21BrN2O3/c1-25(14-16-8-10-19(24)11-9-16)22(27)20-13-17-5-2-3-6-18(17)15-26(20)23(28)21-7-4-12-29-21/h2-12,20H,13-15H2,1H3. The highest BCUT2D eigenvalue weighted by molar-refractivity contribution is 9.10. The van der Waals surface area contributed by atoms with Crippen LogP contribution in [-0.4, -0.2) is 34.7 Å². The molecule has 1 aliphatic rings. The molecule has 0 fully saturated rings. The zero-order valence-corrected chi connectivity index (χ0v) is 17.6. The fourth-order valence-electron chi connectivity index (χ4n) is 3.69. The van der Waals surface area contributed by atoms with Crippen molar-refractivity contribution in [2.24, 2.45) is 0 Å². The molecule has 2 aromatic carbocycles. The summed E-state index contributed by atoms with van der Waals surface area (Å²) < 4.78 is 6.31. The summed E-state index contributed by atoms with van der Waals surface area (Å²) in [6, 6.07) is 18.6. The van der Waals surface area contributed by atoms with E-state index in [1.807, 2.05) is 48.5 Å². The first-order valence-corrected chi connectivity index (χ1v) is 10.2. The number of hydrogen-bond acceptors (Lipinski definition) is 3. The van der Waals surface area contributed by atoms with Crippen LogP contribution >= 0.6 is 15.9 Å². The highest BCUT2D eigenvalue weighted by atomic mass is 79.9. The number of benzene rings is 2. The molecule has 0 saturated heterocycles. The van der Waals surface area contributed by atoms with Gasteiger partial charge in [0.1, 0.15) is 6.04 Å². The molecule has 0 spiro atoms. The van der Waals surface area contributed by atoms with E-state index in [4.69, 9.17) is 4.42 Å². The van der Waals surface area contributed by atoms with Crippen molar-refractivity contribution in [3.63, 3.8) is 0 Å². The van der Waals surface area contributed by atoms with Crippen molar-refractivity contribution in [2.45, 2.75) is 25.6 Å². The Bertz CT molecular complexity index is 1010. The van der Waals surface area contributed by atoms with Crippen LogP contribution in [0, 0.1) is 0 Å². The molecule has 0 radical (unpaired) electrons. The SMILES string of the molecule is CN(Cc1ccc(Br)cc1)C(=O)C1Cc2ccccc2CN1C(=O)c1ccco1.